The predicted molar refractivity (Wildman–Crippen MR) is 108 cm³/mol. The van der Waals surface area contributed by atoms with Crippen molar-refractivity contribution in [2.45, 2.75) is 11.4 Å². The monoisotopic (exact) mass is 414 g/mol. The number of nitrogens with one attached hydrogen (secondary N) is 2. The summed E-state index contributed by atoms with van der Waals surface area (Å²) in [6.45, 7) is 0.290. The number of para-hydroxylation sites is 1. The van der Waals surface area contributed by atoms with E-state index in [2.05, 4.69) is 10.0 Å². The lowest BCUT2D eigenvalue weighted by molar-refractivity contribution is 0.0952. The largest absolute Gasteiger partial charge is 0.495 e. The lowest BCUT2D eigenvalue weighted by atomic mass is 10.1. The van der Waals surface area contributed by atoms with Crippen molar-refractivity contribution in [3.05, 3.63) is 89.7 Å². The molecule has 1 amide bonds. The van der Waals surface area contributed by atoms with Crippen molar-refractivity contribution in [2.24, 2.45) is 0 Å². The molecule has 6 nitrogen and oxygen atoms in total. The number of halogens is 1. The van der Waals surface area contributed by atoms with Crippen molar-refractivity contribution < 1.29 is 22.3 Å². The molecule has 0 fully saturated rings. The van der Waals surface area contributed by atoms with Crippen LogP contribution in [-0.2, 0) is 16.6 Å². The minimum Gasteiger partial charge on any atom is -0.495 e. The number of methoxy groups -OCH3 is 1. The Morgan fingerprint density at radius 2 is 1.69 bits per heavy atom. The van der Waals surface area contributed by atoms with E-state index >= 15 is 0 Å². The molecule has 0 bridgehead atoms. The number of hydrogen-bond donors (Lipinski definition) is 2. The molecule has 0 unspecified atom stereocenters. The van der Waals surface area contributed by atoms with Gasteiger partial charge in [0.25, 0.3) is 15.9 Å². The van der Waals surface area contributed by atoms with Crippen LogP contribution >= 0.6 is 0 Å². The van der Waals surface area contributed by atoms with Crippen LogP contribution < -0.4 is 14.8 Å². The van der Waals surface area contributed by atoms with E-state index in [1.54, 1.807) is 12.1 Å². The Labute approximate surface area is 168 Å². The van der Waals surface area contributed by atoms with E-state index in [0.29, 0.717) is 6.54 Å². The lowest BCUT2D eigenvalue weighted by Crippen LogP contribution is -2.25. The molecule has 0 saturated carbocycles. The summed E-state index contributed by atoms with van der Waals surface area (Å²) in [4.78, 5) is 12.2. The molecule has 150 valence electrons. The summed E-state index contributed by atoms with van der Waals surface area (Å²) in [5.74, 6) is -1.18. The van der Waals surface area contributed by atoms with Crippen LogP contribution in [0.5, 0.6) is 5.75 Å². The van der Waals surface area contributed by atoms with Crippen LogP contribution in [-0.4, -0.2) is 21.4 Å². The standard InChI is InChI=1S/C21H19FN2O4S/c1-28-19-12-11-16(22)13-20(19)29(26,27)24-18-10-6-5-9-17(18)21(25)23-14-15-7-3-2-4-8-15/h2-13,24H,14H2,1H3,(H,23,25). The SMILES string of the molecule is COc1ccc(F)cc1S(=O)(=O)Nc1ccccc1C(=O)NCc1ccccc1. The first-order valence-corrected chi connectivity index (χ1v) is 10.2. The van der Waals surface area contributed by atoms with Gasteiger partial charge >= 0.3 is 0 Å². The molecule has 29 heavy (non-hydrogen) atoms. The molecule has 0 aliphatic rings. The Morgan fingerprint density at radius 1 is 1.00 bits per heavy atom. The van der Waals surface area contributed by atoms with E-state index in [0.717, 1.165) is 17.7 Å². The van der Waals surface area contributed by atoms with Gasteiger partial charge in [0.1, 0.15) is 16.5 Å². The molecule has 8 heteroatoms. The van der Waals surface area contributed by atoms with E-state index < -0.39 is 21.7 Å². The average molecular weight is 414 g/mol. The fourth-order valence-electron chi connectivity index (χ4n) is 2.70. The van der Waals surface area contributed by atoms with Crippen LogP contribution in [0.2, 0.25) is 0 Å². The summed E-state index contributed by atoms with van der Waals surface area (Å²) >= 11 is 0. The minimum atomic E-state index is -4.20. The van der Waals surface area contributed by atoms with Crippen LogP contribution in [0.3, 0.4) is 0 Å². The highest BCUT2D eigenvalue weighted by molar-refractivity contribution is 7.92. The second-order valence-corrected chi connectivity index (χ2v) is 7.77. The first-order valence-electron chi connectivity index (χ1n) is 8.68. The second-order valence-electron chi connectivity index (χ2n) is 6.11. The molecule has 3 aromatic rings. The molecule has 3 rings (SSSR count). The van der Waals surface area contributed by atoms with Crippen molar-refractivity contribution in [1.29, 1.82) is 0 Å². The fraction of sp³-hybridized carbons (Fsp3) is 0.0952. The fourth-order valence-corrected chi connectivity index (χ4v) is 3.97. The summed E-state index contributed by atoms with van der Waals surface area (Å²) in [6.07, 6.45) is 0. The number of anilines is 1. The number of rotatable bonds is 7. The van der Waals surface area contributed by atoms with Gasteiger partial charge in [0.05, 0.1) is 18.4 Å². The third-order valence-electron chi connectivity index (χ3n) is 4.13. The molecule has 0 atom stereocenters. The molecule has 3 aromatic carbocycles. The van der Waals surface area contributed by atoms with Crippen molar-refractivity contribution in [2.75, 3.05) is 11.8 Å². The van der Waals surface area contributed by atoms with Crippen LogP contribution in [0.4, 0.5) is 10.1 Å². The van der Waals surface area contributed by atoms with Gasteiger partial charge in [-0.25, -0.2) is 12.8 Å². The molecular weight excluding hydrogens is 395 g/mol. The Bertz CT molecular complexity index is 1120. The molecule has 0 saturated heterocycles. The first kappa shape index (κ1) is 20.3. The number of ether oxygens (including phenoxy) is 1. The van der Waals surface area contributed by atoms with Crippen LogP contribution in [0.25, 0.3) is 0 Å². The molecule has 0 aliphatic heterocycles. The first-order chi connectivity index (χ1) is 13.9. The van der Waals surface area contributed by atoms with Gasteiger partial charge < -0.3 is 10.1 Å². The summed E-state index contributed by atoms with van der Waals surface area (Å²) in [5, 5.41) is 2.75. The third kappa shape index (κ3) is 4.91. The zero-order valence-corrected chi connectivity index (χ0v) is 16.4. The van der Waals surface area contributed by atoms with E-state index in [-0.39, 0.29) is 21.9 Å². The molecular formula is C21H19FN2O4S. The third-order valence-corrected chi connectivity index (χ3v) is 5.51. The minimum absolute atomic E-state index is 0.00934. The maximum atomic E-state index is 13.6. The summed E-state index contributed by atoms with van der Waals surface area (Å²) in [5.41, 5.74) is 1.12. The highest BCUT2D eigenvalue weighted by Gasteiger charge is 2.23. The second kappa shape index (κ2) is 8.74. The number of carbonyl (C=O) groups excluding carboxylic acids is 1. The normalized spacial score (nSPS) is 11.0. The number of benzene rings is 3. The Morgan fingerprint density at radius 3 is 2.41 bits per heavy atom. The zero-order chi connectivity index (χ0) is 20.9. The molecule has 0 radical (unpaired) electrons. The molecule has 0 spiro atoms. The lowest BCUT2D eigenvalue weighted by Gasteiger charge is -2.14. The molecule has 2 N–H and O–H groups in total. The zero-order valence-electron chi connectivity index (χ0n) is 15.6. The molecule has 0 aliphatic carbocycles. The van der Waals surface area contributed by atoms with Gasteiger partial charge in [-0.1, -0.05) is 42.5 Å². The van der Waals surface area contributed by atoms with E-state index in [4.69, 9.17) is 4.74 Å². The van der Waals surface area contributed by atoms with Gasteiger partial charge in [-0.3, -0.25) is 9.52 Å². The predicted octanol–water partition coefficient (Wildman–Crippen LogP) is 3.57. The summed E-state index contributed by atoms with van der Waals surface area (Å²) in [7, 11) is -2.91. The molecule has 0 heterocycles. The topological polar surface area (TPSA) is 84.5 Å². The van der Waals surface area contributed by atoms with Crippen LogP contribution in [0, 0.1) is 5.82 Å². The van der Waals surface area contributed by atoms with Gasteiger partial charge in [0.15, 0.2) is 0 Å². The Balaban J connectivity index is 1.85. The van der Waals surface area contributed by atoms with Crippen LogP contribution in [0.15, 0.2) is 77.7 Å². The number of hydrogen-bond acceptors (Lipinski definition) is 4. The van der Waals surface area contributed by atoms with Gasteiger partial charge in [-0.15, -0.1) is 0 Å². The smallest absolute Gasteiger partial charge is 0.265 e. The highest BCUT2D eigenvalue weighted by Crippen LogP contribution is 2.27. The highest BCUT2D eigenvalue weighted by atomic mass is 32.2. The van der Waals surface area contributed by atoms with Crippen LogP contribution in [0.1, 0.15) is 15.9 Å². The maximum Gasteiger partial charge on any atom is 0.265 e. The van der Waals surface area contributed by atoms with E-state index in [9.17, 15) is 17.6 Å². The van der Waals surface area contributed by atoms with E-state index in [1.165, 1.54) is 25.3 Å². The summed E-state index contributed by atoms with van der Waals surface area (Å²) < 4.78 is 46.6. The summed E-state index contributed by atoms with van der Waals surface area (Å²) in [6, 6.07) is 18.7. The average Bonchev–Trinajstić information content (AvgIpc) is 2.73. The number of carbonyl (C=O) groups is 1. The van der Waals surface area contributed by atoms with Crippen molar-refractivity contribution in [1.82, 2.24) is 5.32 Å². The van der Waals surface area contributed by atoms with Crippen molar-refractivity contribution >= 4 is 21.6 Å². The number of amides is 1. The molecule has 0 aromatic heterocycles. The number of sulfonamides is 1. The van der Waals surface area contributed by atoms with Gasteiger partial charge in [-0.05, 0) is 35.9 Å². The maximum absolute atomic E-state index is 13.6. The Hall–Kier alpha value is -3.39. The van der Waals surface area contributed by atoms with Gasteiger partial charge in [0.2, 0.25) is 0 Å². The Kier molecular flexibility index (Phi) is 6.13. The van der Waals surface area contributed by atoms with E-state index in [1.807, 2.05) is 30.3 Å². The quantitative estimate of drug-likeness (QED) is 0.619. The van der Waals surface area contributed by atoms with Gasteiger partial charge in [-0.2, -0.15) is 0 Å². The van der Waals surface area contributed by atoms with Crippen molar-refractivity contribution in [3.8, 4) is 5.75 Å². The van der Waals surface area contributed by atoms with Gasteiger partial charge in [0, 0.05) is 6.54 Å². The van der Waals surface area contributed by atoms with Crippen molar-refractivity contribution in [3.63, 3.8) is 0 Å².